The molecule has 0 aliphatic heterocycles. The lowest BCUT2D eigenvalue weighted by Crippen LogP contribution is -2.13. The van der Waals surface area contributed by atoms with Crippen molar-refractivity contribution in [3.8, 4) is 16.9 Å². The van der Waals surface area contributed by atoms with Gasteiger partial charge in [0.15, 0.2) is 11.3 Å². The van der Waals surface area contributed by atoms with E-state index in [2.05, 4.69) is 25.5 Å². The summed E-state index contributed by atoms with van der Waals surface area (Å²) >= 11 is 0. The van der Waals surface area contributed by atoms with Gasteiger partial charge in [0.2, 0.25) is 0 Å². The normalized spacial score (nSPS) is 15.7. The number of rotatable bonds is 4. The number of halogens is 2. The van der Waals surface area contributed by atoms with Crippen LogP contribution in [0.25, 0.3) is 22.6 Å². The lowest BCUT2D eigenvalue weighted by molar-refractivity contribution is 0.143. The highest BCUT2D eigenvalue weighted by Gasteiger charge is 2.25. The van der Waals surface area contributed by atoms with Crippen molar-refractivity contribution in [1.29, 1.82) is 0 Å². The largest absolute Gasteiger partial charge is 0.284 e. The average Bonchev–Trinajstić information content (AvgIpc) is 3.45. The van der Waals surface area contributed by atoms with Gasteiger partial charge in [0, 0.05) is 12.4 Å². The van der Waals surface area contributed by atoms with Crippen LogP contribution in [0.4, 0.5) is 8.78 Å². The van der Waals surface area contributed by atoms with Gasteiger partial charge in [0.1, 0.15) is 11.4 Å². The van der Waals surface area contributed by atoms with Crippen LogP contribution in [0.15, 0.2) is 37.1 Å². The third-order valence-electron chi connectivity index (χ3n) is 5.19. The van der Waals surface area contributed by atoms with E-state index in [4.69, 9.17) is 0 Å². The first-order valence-corrected chi connectivity index (χ1v) is 9.29. The van der Waals surface area contributed by atoms with Crippen molar-refractivity contribution in [2.75, 3.05) is 0 Å². The topological polar surface area (TPSA) is 78.7 Å². The Morgan fingerprint density at radius 3 is 2.79 bits per heavy atom. The molecule has 4 aromatic heterocycles. The Labute approximate surface area is 158 Å². The average molecular weight is 384 g/mol. The van der Waals surface area contributed by atoms with E-state index in [0.717, 1.165) is 25.7 Å². The van der Waals surface area contributed by atoms with Crippen molar-refractivity contribution < 1.29 is 8.78 Å². The van der Waals surface area contributed by atoms with Crippen molar-refractivity contribution in [2.45, 2.75) is 44.6 Å². The molecule has 4 aromatic rings. The van der Waals surface area contributed by atoms with Crippen molar-refractivity contribution in [3.63, 3.8) is 0 Å². The molecule has 28 heavy (non-hydrogen) atoms. The molecule has 0 atom stereocenters. The van der Waals surface area contributed by atoms with E-state index in [-0.39, 0.29) is 17.4 Å². The van der Waals surface area contributed by atoms with Gasteiger partial charge in [-0.3, -0.25) is 4.68 Å². The van der Waals surface area contributed by atoms with E-state index >= 15 is 0 Å². The predicted octanol–water partition coefficient (Wildman–Crippen LogP) is 3.62. The molecule has 0 radical (unpaired) electrons. The van der Waals surface area contributed by atoms with Gasteiger partial charge in [-0.05, 0) is 18.9 Å². The second-order valence-corrected chi connectivity index (χ2v) is 6.97. The van der Waals surface area contributed by atoms with Gasteiger partial charge in [0.25, 0.3) is 6.43 Å². The molecule has 10 heteroatoms. The van der Waals surface area contributed by atoms with Crippen molar-refractivity contribution in [1.82, 2.24) is 39.4 Å². The number of nitrogens with zero attached hydrogens (tertiary/aromatic N) is 8. The molecule has 0 spiro atoms. The number of alkyl halides is 2. The maximum Gasteiger partial charge on any atom is 0.284 e. The Kier molecular flexibility index (Phi) is 4.10. The highest BCUT2D eigenvalue weighted by Crippen LogP contribution is 2.32. The van der Waals surface area contributed by atoms with Gasteiger partial charge >= 0.3 is 0 Å². The first kappa shape index (κ1) is 17.0. The molecule has 0 saturated heterocycles. The molecule has 5 rings (SSSR count). The van der Waals surface area contributed by atoms with Crippen LogP contribution in [-0.4, -0.2) is 39.4 Å². The van der Waals surface area contributed by atoms with E-state index in [9.17, 15) is 8.78 Å². The number of hydrogen-bond acceptors (Lipinski definition) is 5. The molecule has 0 unspecified atom stereocenters. The van der Waals surface area contributed by atoms with Crippen LogP contribution >= 0.6 is 0 Å². The Balaban J connectivity index is 1.53. The Morgan fingerprint density at radius 1 is 1.11 bits per heavy atom. The van der Waals surface area contributed by atoms with Crippen LogP contribution < -0.4 is 0 Å². The Hall–Kier alpha value is -3.17. The molecular formula is C18H18F2N8. The van der Waals surface area contributed by atoms with Crippen LogP contribution in [0.1, 0.15) is 50.3 Å². The summed E-state index contributed by atoms with van der Waals surface area (Å²) in [4.78, 5) is 4.30. The van der Waals surface area contributed by atoms with Crippen LogP contribution in [0.5, 0.6) is 0 Å². The summed E-state index contributed by atoms with van der Waals surface area (Å²) in [6.45, 7) is 0. The van der Waals surface area contributed by atoms with E-state index in [0.29, 0.717) is 16.9 Å². The Morgan fingerprint density at radius 2 is 1.96 bits per heavy atom. The second-order valence-electron chi connectivity index (χ2n) is 6.97. The molecule has 8 nitrogen and oxygen atoms in total. The molecule has 4 heterocycles. The van der Waals surface area contributed by atoms with Gasteiger partial charge in [0.05, 0.1) is 30.2 Å². The summed E-state index contributed by atoms with van der Waals surface area (Å²) in [5.41, 5.74) is 1.80. The van der Waals surface area contributed by atoms with Gasteiger partial charge < -0.3 is 0 Å². The molecule has 1 aliphatic carbocycles. The lowest BCUT2D eigenvalue weighted by atomic mass is 9.96. The minimum Gasteiger partial charge on any atom is -0.267 e. The van der Waals surface area contributed by atoms with Crippen LogP contribution in [0.3, 0.4) is 0 Å². The predicted molar refractivity (Wildman–Crippen MR) is 96.2 cm³/mol. The summed E-state index contributed by atoms with van der Waals surface area (Å²) < 4.78 is 31.9. The van der Waals surface area contributed by atoms with Gasteiger partial charge in [-0.15, -0.1) is 5.10 Å². The number of fused-ring (bicyclic) bond motifs is 1. The first-order valence-electron chi connectivity index (χ1n) is 9.29. The van der Waals surface area contributed by atoms with E-state index in [1.807, 2.05) is 0 Å². The number of aromatic nitrogens is 8. The fraction of sp³-hybridized carbons (Fsp3) is 0.389. The standard InChI is InChI=1S/C18H18F2N8/c19-17(20)16-15(11-27(24-16)12-5-2-1-3-6-12)28-10-14(23-25-28)13-9-22-26-8-4-7-21-18(13)26/h4,7-12,17H,1-3,5-6H2. The molecule has 0 bridgehead atoms. The highest BCUT2D eigenvalue weighted by atomic mass is 19.3. The van der Waals surface area contributed by atoms with Crippen molar-refractivity contribution in [2.24, 2.45) is 0 Å². The first-order chi connectivity index (χ1) is 13.7. The zero-order valence-corrected chi connectivity index (χ0v) is 15.0. The van der Waals surface area contributed by atoms with Crippen LogP contribution in [0.2, 0.25) is 0 Å². The molecule has 144 valence electrons. The van der Waals surface area contributed by atoms with Gasteiger partial charge in [-0.2, -0.15) is 10.2 Å². The molecule has 0 aromatic carbocycles. The van der Waals surface area contributed by atoms with E-state index in [1.165, 1.54) is 11.1 Å². The third kappa shape index (κ3) is 2.85. The minimum absolute atomic E-state index is 0.159. The zero-order valence-electron chi connectivity index (χ0n) is 15.0. The molecule has 0 amide bonds. The molecule has 0 N–H and O–H groups in total. The fourth-order valence-corrected chi connectivity index (χ4v) is 3.77. The van der Waals surface area contributed by atoms with E-state index < -0.39 is 6.43 Å². The molecule has 1 saturated carbocycles. The van der Waals surface area contributed by atoms with Crippen LogP contribution in [0, 0.1) is 0 Å². The Bertz CT molecular complexity index is 1110. The monoisotopic (exact) mass is 384 g/mol. The summed E-state index contributed by atoms with van der Waals surface area (Å²) in [5, 5.41) is 16.6. The van der Waals surface area contributed by atoms with Crippen molar-refractivity contribution in [3.05, 3.63) is 42.7 Å². The molecular weight excluding hydrogens is 366 g/mol. The fourth-order valence-electron chi connectivity index (χ4n) is 3.77. The highest BCUT2D eigenvalue weighted by molar-refractivity contribution is 5.73. The summed E-state index contributed by atoms with van der Waals surface area (Å²) in [5.74, 6) is 0. The van der Waals surface area contributed by atoms with Gasteiger partial charge in [-0.1, -0.05) is 24.5 Å². The van der Waals surface area contributed by atoms with E-state index in [1.54, 1.807) is 46.2 Å². The maximum atomic E-state index is 13.6. The van der Waals surface area contributed by atoms with Gasteiger partial charge in [-0.25, -0.2) is 23.0 Å². The van der Waals surface area contributed by atoms with Crippen LogP contribution in [-0.2, 0) is 0 Å². The summed E-state index contributed by atoms with van der Waals surface area (Å²) in [7, 11) is 0. The molecule has 1 fully saturated rings. The maximum absolute atomic E-state index is 13.6. The zero-order chi connectivity index (χ0) is 19.1. The summed E-state index contributed by atoms with van der Waals surface area (Å²) in [6.07, 6.45) is 10.9. The quantitative estimate of drug-likeness (QED) is 0.537. The minimum atomic E-state index is -2.69. The third-order valence-corrected chi connectivity index (χ3v) is 5.19. The second kappa shape index (κ2) is 6.77. The smallest absolute Gasteiger partial charge is 0.267 e. The summed E-state index contributed by atoms with van der Waals surface area (Å²) in [6, 6.07) is 1.93. The molecule has 1 aliphatic rings. The van der Waals surface area contributed by atoms with Crippen molar-refractivity contribution >= 4 is 5.65 Å². The lowest BCUT2D eigenvalue weighted by Gasteiger charge is -2.21. The SMILES string of the molecule is FC(F)c1nn(C2CCCCC2)cc1-n1cc(-c2cnn3cccnc23)nn1. The number of hydrogen-bond donors (Lipinski definition) is 0.